The number of pyridine rings is 1. The average Bonchev–Trinajstić information content (AvgIpc) is 3.46. The predicted molar refractivity (Wildman–Crippen MR) is 98.2 cm³/mol. The van der Waals surface area contributed by atoms with Crippen molar-refractivity contribution in [1.29, 1.82) is 0 Å². The number of hydrogen-bond donors (Lipinski definition) is 1. The van der Waals surface area contributed by atoms with Crippen LogP contribution in [0.15, 0.2) is 54.7 Å². The molecule has 2 aromatic carbocycles. The first-order chi connectivity index (χ1) is 12.7. The number of nitrogens with one attached hydrogen (secondary N) is 1. The van der Waals surface area contributed by atoms with E-state index in [-0.39, 0.29) is 11.7 Å². The molecule has 1 saturated carbocycles. The second-order valence-electron chi connectivity index (χ2n) is 6.99. The fourth-order valence-electron chi connectivity index (χ4n) is 3.57. The number of nitrogens with zero attached hydrogens (tertiary/aromatic N) is 1. The molecular weight excluding hydrogens is 327 g/mol. The van der Waals surface area contributed by atoms with Gasteiger partial charge >= 0.3 is 0 Å². The number of aromatic nitrogens is 1. The van der Waals surface area contributed by atoms with Crippen LogP contribution in [0.3, 0.4) is 0 Å². The van der Waals surface area contributed by atoms with E-state index >= 15 is 0 Å². The number of hydrogen-bond acceptors (Lipinski definition) is 2. The molecular formula is C22H17FN2O. The van der Waals surface area contributed by atoms with E-state index in [1.165, 1.54) is 25.0 Å². The Bertz CT molecular complexity index is 1010. The molecule has 0 unspecified atom stereocenters. The molecule has 3 nitrogen and oxygen atoms in total. The first-order valence-corrected chi connectivity index (χ1v) is 8.86. The molecule has 0 spiro atoms. The van der Waals surface area contributed by atoms with Crippen LogP contribution in [0.1, 0.15) is 40.4 Å². The molecule has 5 rings (SSSR count). The number of halogens is 1. The number of rotatable bonds is 3. The minimum atomic E-state index is -0.273. The van der Waals surface area contributed by atoms with Crippen LogP contribution in [-0.4, -0.2) is 10.9 Å². The van der Waals surface area contributed by atoms with Crippen molar-refractivity contribution in [3.8, 4) is 22.3 Å². The molecule has 0 saturated heterocycles. The average molecular weight is 344 g/mol. The molecule has 1 aromatic heterocycles. The van der Waals surface area contributed by atoms with Crippen molar-refractivity contribution in [2.75, 3.05) is 0 Å². The fraction of sp³-hybridized carbons (Fsp3) is 0.182. The Morgan fingerprint density at radius 2 is 1.65 bits per heavy atom. The number of fused-ring (bicyclic) bond motifs is 1. The van der Waals surface area contributed by atoms with E-state index in [4.69, 9.17) is 0 Å². The van der Waals surface area contributed by atoms with Crippen molar-refractivity contribution in [3.05, 3.63) is 77.4 Å². The zero-order chi connectivity index (χ0) is 17.7. The molecule has 0 atom stereocenters. The Morgan fingerprint density at radius 1 is 0.923 bits per heavy atom. The second kappa shape index (κ2) is 5.77. The monoisotopic (exact) mass is 344 g/mol. The molecule has 2 aliphatic rings. The molecule has 128 valence electrons. The van der Waals surface area contributed by atoms with Crippen LogP contribution in [0.25, 0.3) is 22.3 Å². The summed E-state index contributed by atoms with van der Waals surface area (Å²) in [5.74, 6) is 0.282. The largest absolute Gasteiger partial charge is 0.348 e. The van der Waals surface area contributed by atoms with Crippen LogP contribution in [0.2, 0.25) is 0 Å². The summed E-state index contributed by atoms with van der Waals surface area (Å²) in [6, 6.07) is 14.5. The molecule has 26 heavy (non-hydrogen) atoms. The van der Waals surface area contributed by atoms with Crippen molar-refractivity contribution in [3.63, 3.8) is 0 Å². The summed E-state index contributed by atoms with van der Waals surface area (Å²) < 4.78 is 13.4. The molecule has 1 aliphatic heterocycles. The Morgan fingerprint density at radius 3 is 2.35 bits per heavy atom. The van der Waals surface area contributed by atoms with Gasteiger partial charge in [0.05, 0.1) is 0 Å². The first-order valence-electron chi connectivity index (χ1n) is 8.86. The lowest BCUT2D eigenvalue weighted by Gasteiger charge is -2.13. The lowest BCUT2D eigenvalue weighted by molar-refractivity contribution is 0.0966. The standard InChI is InChI=1S/C22H17FN2O/c23-17-6-3-13(4-7-17)19-10-20-16(12-25-22(20)26)9-18(19)15-5-8-21(24-11-15)14-1-2-14/h3-11,14H,1-2,12H2,(H,25,26). The molecule has 1 amide bonds. The molecule has 1 aliphatic carbocycles. The van der Waals surface area contributed by atoms with Gasteiger partial charge in [-0.1, -0.05) is 18.2 Å². The summed E-state index contributed by atoms with van der Waals surface area (Å²) in [5.41, 5.74) is 6.65. The van der Waals surface area contributed by atoms with Crippen LogP contribution in [0.5, 0.6) is 0 Å². The Balaban J connectivity index is 1.67. The van der Waals surface area contributed by atoms with Gasteiger partial charge < -0.3 is 5.32 Å². The number of benzene rings is 2. The van der Waals surface area contributed by atoms with Gasteiger partial charge in [0.15, 0.2) is 0 Å². The maximum Gasteiger partial charge on any atom is 0.251 e. The van der Waals surface area contributed by atoms with E-state index < -0.39 is 0 Å². The highest BCUT2D eigenvalue weighted by atomic mass is 19.1. The maximum atomic E-state index is 13.4. The Labute approximate surface area is 150 Å². The third kappa shape index (κ3) is 2.58. The van der Waals surface area contributed by atoms with Gasteiger partial charge in [-0.25, -0.2) is 4.39 Å². The smallest absolute Gasteiger partial charge is 0.251 e. The van der Waals surface area contributed by atoms with E-state index in [1.807, 2.05) is 12.3 Å². The lowest BCUT2D eigenvalue weighted by Crippen LogP contribution is -2.12. The summed E-state index contributed by atoms with van der Waals surface area (Å²) in [6.07, 6.45) is 4.35. The zero-order valence-corrected chi connectivity index (χ0v) is 14.1. The predicted octanol–water partition coefficient (Wildman–Crippen LogP) is 4.68. The van der Waals surface area contributed by atoms with Gasteiger partial charge in [-0.05, 0) is 65.4 Å². The molecule has 0 radical (unpaired) electrons. The molecule has 0 bridgehead atoms. The SMILES string of the molecule is O=C1NCc2cc(-c3ccc(C4CC4)nc3)c(-c3ccc(F)cc3)cc21. The third-order valence-electron chi connectivity index (χ3n) is 5.18. The Kier molecular flexibility index (Phi) is 3.38. The van der Waals surface area contributed by atoms with Gasteiger partial charge in [0, 0.05) is 35.5 Å². The quantitative estimate of drug-likeness (QED) is 0.750. The summed E-state index contributed by atoms with van der Waals surface area (Å²) in [7, 11) is 0. The summed E-state index contributed by atoms with van der Waals surface area (Å²) in [6.45, 7) is 0.540. The topological polar surface area (TPSA) is 42.0 Å². The minimum Gasteiger partial charge on any atom is -0.348 e. The minimum absolute atomic E-state index is 0.0582. The van der Waals surface area contributed by atoms with E-state index in [9.17, 15) is 9.18 Å². The van der Waals surface area contributed by atoms with Gasteiger partial charge in [-0.3, -0.25) is 9.78 Å². The number of carbonyl (C=O) groups is 1. The second-order valence-corrected chi connectivity index (χ2v) is 6.99. The van der Waals surface area contributed by atoms with Gasteiger partial charge in [0.25, 0.3) is 5.91 Å². The first kappa shape index (κ1) is 15.3. The molecule has 3 aromatic rings. The molecule has 2 heterocycles. The van der Waals surface area contributed by atoms with E-state index in [0.29, 0.717) is 18.0 Å². The molecule has 1 N–H and O–H groups in total. The van der Waals surface area contributed by atoms with Crippen LogP contribution in [-0.2, 0) is 6.54 Å². The summed E-state index contributed by atoms with van der Waals surface area (Å²) >= 11 is 0. The normalized spacial score (nSPS) is 15.7. The number of amides is 1. The van der Waals surface area contributed by atoms with Crippen LogP contribution in [0, 0.1) is 5.82 Å². The maximum absolute atomic E-state index is 13.4. The van der Waals surface area contributed by atoms with Crippen molar-refractivity contribution in [1.82, 2.24) is 10.3 Å². The lowest BCUT2D eigenvalue weighted by atomic mass is 9.91. The summed E-state index contributed by atoms with van der Waals surface area (Å²) in [4.78, 5) is 16.7. The van der Waals surface area contributed by atoms with Gasteiger partial charge in [-0.2, -0.15) is 0 Å². The third-order valence-corrected chi connectivity index (χ3v) is 5.18. The van der Waals surface area contributed by atoms with Crippen LogP contribution in [0.4, 0.5) is 4.39 Å². The van der Waals surface area contributed by atoms with Gasteiger partial charge in [-0.15, -0.1) is 0 Å². The van der Waals surface area contributed by atoms with E-state index in [0.717, 1.165) is 33.5 Å². The summed E-state index contributed by atoms with van der Waals surface area (Å²) in [5, 5.41) is 2.87. The van der Waals surface area contributed by atoms with Crippen molar-refractivity contribution >= 4 is 5.91 Å². The van der Waals surface area contributed by atoms with Crippen LogP contribution >= 0.6 is 0 Å². The Hall–Kier alpha value is -3.01. The van der Waals surface area contributed by atoms with Crippen molar-refractivity contribution in [2.45, 2.75) is 25.3 Å². The van der Waals surface area contributed by atoms with E-state index in [1.54, 1.807) is 12.1 Å². The highest BCUT2D eigenvalue weighted by Gasteiger charge is 2.25. The van der Waals surface area contributed by atoms with Crippen LogP contribution < -0.4 is 5.32 Å². The fourth-order valence-corrected chi connectivity index (χ4v) is 3.57. The van der Waals surface area contributed by atoms with Crippen molar-refractivity contribution in [2.24, 2.45) is 0 Å². The van der Waals surface area contributed by atoms with Crippen molar-refractivity contribution < 1.29 is 9.18 Å². The highest BCUT2D eigenvalue weighted by molar-refractivity contribution is 6.01. The molecule has 4 heteroatoms. The van der Waals surface area contributed by atoms with E-state index in [2.05, 4.69) is 28.5 Å². The van der Waals surface area contributed by atoms with Gasteiger partial charge in [0.2, 0.25) is 0 Å². The van der Waals surface area contributed by atoms with Gasteiger partial charge in [0.1, 0.15) is 5.82 Å². The number of carbonyl (C=O) groups excluding carboxylic acids is 1. The molecule has 1 fully saturated rings. The highest BCUT2D eigenvalue weighted by Crippen LogP contribution is 2.40. The zero-order valence-electron chi connectivity index (χ0n) is 14.1.